The zero-order valence-electron chi connectivity index (χ0n) is 15.6. The molecule has 1 aromatic heterocycles. The van der Waals surface area contributed by atoms with Crippen molar-refractivity contribution in [2.75, 3.05) is 0 Å². The number of nitrogens with zero attached hydrogens (tertiary/aromatic N) is 2. The second kappa shape index (κ2) is 7.47. The Hall–Kier alpha value is -3.13. The van der Waals surface area contributed by atoms with Crippen molar-refractivity contribution < 1.29 is 23.2 Å². The lowest BCUT2D eigenvalue weighted by molar-refractivity contribution is 0.0784. The molecule has 6 nitrogen and oxygen atoms in total. The first-order valence-corrected chi connectivity index (χ1v) is 8.54. The number of aromatic nitrogens is 2. The first kappa shape index (κ1) is 19.6. The van der Waals surface area contributed by atoms with Gasteiger partial charge in [-0.25, -0.2) is 8.78 Å². The molecule has 2 aromatic carbocycles. The highest BCUT2D eigenvalue weighted by Crippen LogP contribution is 2.30. The van der Waals surface area contributed by atoms with Crippen molar-refractivity contribution in [3.8, 4) is 11.1 Å². The number of rotatable bonds is 5. The van der Waals surface area contributed by atoms with E-state index in [1.54, 1.807) is 26.8 Å². The van der Waals surface area contributed by atoms with E-state index < -0.39 is 23.1 Å². The molecule has 0 fully saturated rings. The predicted molar refractivity (Wildman–Crippen MR) is 97.2 cm³/mol. The van der Waals surface area contributed by atoms with Crippen LogP contribution in [0.3, 0.4) is 0 Å². The van der Waals surface area contributed by atoms with Crippen LogP contribution in [-0.2, 0) is 12.1 Å². The molecule has 0 aliphatic rings. The van der Waals surface area contributed by atoms with Crippen LogP contribution in [0.25, 0.3) is 11.1 Å². The second-order valence-electron chi connectivity index (χ2n) is 6.90. The number of hydrogen-bond acceptors (Lipinski definition) is 5. The summed E-state index contributed by atoms with van der Waals surface area (Å²) in [6, 6.07) is 7.74. The molecule has 0 bridgehead atoms. The van der Waals surface area contributed by atoms with Crippen molar-refractivity contribution in [1.82, 2.24) is 15.5 Å². The van der Waals surface area contributed by atoms with Crippen molar-refractivity contribution in [1.29, 1.82) is 0 Å². The van der Waals surface area contributed by atoms with E-state index in [2.05, 4.69) is 15.5 Å². The van der Waals surface area contributed by atoms with Gasteiger partial charge in [-0.15, -0.1) is 0 Å². The summed E-state index contributed by atoms with van der Waals surface area (Å²) >= 11 is 0. The molecule has 146 valence electrons. The Morgan fingerprint density at radius 3 is 2.57 bits per heavy atom. The number of amides is 1. The molecule has 0 atom stereocenters. The molecule has 8 heteroatoms. The lowest BCUT2D eigenvalue weighted by atomic mass is 9.91. The van der Waals surface area contributed by atoms with Gasteiger partial charge >= 0.3 is 0 Å². The summed E-state index contributed by atoms with van der Waals surface area (Å²) < 4.78 is 32.4. The summed E-state index contributed by atoms with van der Waals surface area (Å²) in [5.41, 5.74) is -0.197. The van der Waals surface area contributed by atoms with E-state index in [0.717, 1.165) is 12.1 Å². The second-order valence-corrected chi connectivity index (χ2v) is 6.90. The summed E-state index contributed by atoms with van der Waals surface area (Å²) in [4.78, 5) is 16.6. The van der Waals surface area contributed by atoms with Gasteiger partial charge in [0.05, 0.1) is 12.1 Å². The van der Waals surface area contributed by atoms with E-state index in [1.165, 1.54) is 18.2 Å². The van der Waals surface area contributed by atoms with Crippen molar-refractivity contribution >= 4 is 5.91 Å². The fourth-order valence-corrected chi connectivity index (χ4v) is 2.66. The molecule has 28 heavy (non-hydrogen) atoms. The largest absolute Gasteiger partial charge is 0.386 e. The molecule has 0 saturated heterocycles. The zero-order valence-corrected chi connectivity index (χ0v) is 15.6. The van der Waals surface area contributed by atoms with Crippen molar-refractivity contribution in [3.63, 3.8) is 0 Å². The summed E-state index contributed by atoms with van der Waals surface area (Å²) in [6.45, 7) is 4.78. The van der Waals surface area contributed by atoms with E-state index in [4.69, 9.17) is 4.52 Å². The van der Waals surface area contributed by atoms with E-state index in [1.807, 2.05) is 0 Å². The van der Waals surface area contributed by atoms with E-state index in [-0.39, 0.29) is 23.6 Å². The average Bonchev–Trinajstić information content (AvgIpc) is 3.04. The minimum atomic E-state index is -1.27. The summed E-state index contributed by atoms with van der Waals surface area (Å²) in [7, 11) is 0. The number of carbonyl (C=O) groups excluding carboxylic acids is 1. The van der Waals surface area contributed by atoms with Crippen LogP contribution in [-0.4, -0.2) is 21.2 Å². The van der Waals surface area contributed by atoms with Gasteiger partial charge in [0.2, 0.25) is 5.89 Å². The van der Waals surface area contributed by atoms with Crippen LogP contribution >= 0.6 is 0 Å². The fourth-order valence-electron chi connectivity index (χ4n) is 2.66. The molecule has 1 amide bonds. The molecule has 0 aliphatic carbocycles. The van der Waals surface area contributed by atoms with Crippen LogP contribution < -0.4 is 5.32 Å². The molecule has 0 unspecified atom stereocenters. The number of nitrogens with one attached hydrogen (secondary N) is 1. The summed E-state index contributed by atoms with van der Waals surface area (Å²) in [5, 5.41) is 16.7. The van der Waals surface area contributed by atoms with Crippen molar-refractivity contribution in [2.45, 2.75) is 32.9 Å². The molecular weight excluding hydrogens is 368 g/mol. The molecule has 2 N–H and O–H groups in total. The lowest BCUT2D eigenvalue weighted by Gasteiger charge is -2.20. The smallest absolute Gasteiger partial charge is 0.251 e. The van der Waals surface area contributed by atoms with Gasteiger partial charge < -0.3 is 14.9 Å². The third kappa shape index (κ3) is 4.40. The minimum Gasteiger partial charge on any atom is -0.386 e. The zero-order chi connectivity index (χ0) is 20.5. The Labute approximate surface area is 160 Å². The first-order valence-electron chi connectivity index (χ1n) is 8.54. The highest BCUT2D eigenvalue weighted by molar-refractivity contribution is 5.95. The number of aliphatic hydroxyl groups is 1. The lowest BCUT2D eigenvalue weighted by Crippen LogP contribution is -2.24. The van der Waals surface area contributed by atoms with E-state index >= 15 is 0 Å². The molecule has 3 rings (SSSR count). The number of carbonyl (C=O) groups is 1. The maximum atomic E-state index is 14.2. The van der Waals surface area contributed by atoms with E-state index in [0.29, 0.717) is 17.0 Å². The topological polar surface area (TPSA) is 88.2 Å². The molecular formula is C20H19F2N3O3. The van der Waals surface area contributed by atoms with Gasteiger partial charge in [-0.1, -0.05) is 5.16 Å². The maximum Gasteiger partial charge on any atom is 0.251 e. The maximum absolute atomic E-state index is 14.2. The Morgan fingerprint density at radius 2 is 1.96 bits per heavy atom. The first-order chi connectivity index (χ1) is 13.1. The molecule has 0 saturated carbocycles. The van der Waals surface area contributed by atoms with Gasteiger partial charge in [0.15, 0.2) is 5.82 Å². The van der Waals surface area contributed by atoms with Gasteiger partial charge in [-0.05, 0) is 62.2 Å². The monoisotopic (exact) mass is 387 g/mol. The minimum absolute atomic E-state index is 0.0205. The number of halogens is 2. The van der Waals surface area contributed by atoms with Crippen LogP contribution in [0.1, 0.15) is 41.5 Å². The molecule has 1 heterocycles. The summed E-state index contributed by atoms with van der Waals surface area (Å²) in [6.07, 6.45) is 0. The fraction of sp³-hybridized carbons (Fsp3) is 0.250. The third-order valence-corrected chi connectivity index (χ3v) is 4.11. The van der Waals surface area contributed by atoms with Crippen LogP contribution in [0, 0.1) is 18.6 Å². The van der Waals surface area contributed by atoms with Crippen LogP contribution in [0.15, 0.2) is 40.9 Å². The third-order valence-electron chi connectivity index (χ3n) is 4.11. The van der Waals surface area contributed by atoms with Crippen LogP contribution in [0.5, 0.6) is 0 Å². The quantitative estimate of drug-likeness (QED) is 0.700. The normalized spacial score (nSPS) is 11.5. The highest BCUT2D eigenvalue weighted by Gasteiger charge is 2.21. The van der Waals surface area contributed by atoms with Gasteiger partial charge in [-0.2, -0.15) is 4.98 Å². The number of benzene rings is 2. The number of hydrogen-bond donors (Lipinski definition) is 2. The average molecular weight is 387 g/mol. The Balaban J connectivity index is 1.96. The Morgan fingerprint density at radius 1 is 1.21 bits per heavy atom. The van der Waals surface area contributed by atoms with Crippen LogP contribution in [0.4, 0.5) is 8.78 Å². The van der Waals surface area contributed by atoms with Gasteiger partial charge in [0, 0.05) is 17.2 Å². The Bertz CT molecular complexity index is 1030. The van der Waals surface area contributed by atoms with E-state index in [9.17, 15) is 18.7 Å². The molecule has 0 spiro atoms. The van der Waals surface area contributed by atoms with Gasteiger partial charge in [0.25, 0.3) is 5.91 Å². The SMILES string of the molecule is Cc1noc(CNC(=O)c2cc(-c3ccc(F)cc3F)cc(C(C)(C)O)c2)n1. The van der Waals surface area contributed by atoms with Crippen LogP contribution in [0.2, 0.25) is 0 Å². The summed E-state index contributed by atoms with van der Waals surface area (Å²) in [5.74, 6) is -1.24. The highest BCUT2D eigenvalue weighted by atomic mass is 19.1. The molecule has 0 radical (unpaired) electrons. The van der Waals surface area contributed by atoms with Gasteiger partial charge in [0.1, 0.15) is 11.6 Å². The van der Waals surface area contributed by atoms with Gasteiger partial charge in [-0.3, -0.25) is 4.79 Å². The molecule has 0 aliphatic heterocycles. The molecule has 3 aromatic rings. The van der Waals surface area contributed by atoms with Crippen molar-refractivity contribution in [2.24, 2.45) is 0 Å². The standard InChI is InChI=1S/C20H19F2N3O3/c1-11-24-18(28-25-11)10-23-19(26)13-6-12(7-14(8-13)20(2,3)27)16-5-4-15(21)9-17(16)22/h4-9,27H,10H2,1-3H3,(H,23,26). The van der Waals surface area contributed by atoms with Crippen molar-refractivity contribution in [3.05, 3.63) is 70.9 Å². The Kier molecular flexibility index (Phi) is 5.24. The predicted octanol–water partition coefficient (Wildman–Crippen LogP) is 3.48. The number of aryl methyl sites for hydroxylation is 1.